The van der Waals surface area contributed by atoms with Gasteiger partial charge in [-0.1, -0.05) is 18.2 Å². The predicted octanol–water partition coefficient (Wildman–Crippen LogP) is 5.09. The maximum absolute atomic E-state index is 13.5. The van der Waals surface area contributed by atoms with Crippen LogP contribution in [0, 0.1) is 11.3 Å². The molecular weight excluding hydrogens is 463 g/mol. The first-order valence-corrected chi connectivity index (χ1v) is 10.8. The van der Waals surface area contributed by atoms with Gasteiger partial charge in [0.15, 0.2) is 10.8 Å². The Balaban J connectivity index is 1.55. The van der Waals surface area contributed by atoms with Gasteiger partial charge in [0.05, 0.1) is 23.1 Å². The standard InChI is InChI=1S/C24H16F3N5OS/c25-24(26,27)18-12-17(14-30-20(18)13-28)31-21(33)23(9-3-10-23)32(22(31)34)16-7-5-15(6-8-16)19-4-1-2-11-29-19/h1-2,4-8,11-12,14H,3,9-10H2. The quantitative estimate of drug-likeness (QED) is 0.487. The van der Waals surface area contributed by atoms with Crippen LogP contribution in [0.3, 0.4) is 0 Å². The van der Waals surface area contributed by atoms with Crippen LogP contribution in [0.1, 0.15) is 30.5 Å². The van der Waals surface area contributed by atoms with Crippen molar-refractivity contribution < 1.29 is 18.0 Å². The van der Waals surface area contributed by atoms with Crippen molar-refractivity contribution in [2.24, 2.45) is 0 Å². The monoisotopic (exact) mass is 479 g/mol. The molecule has 0 unspecified atom stereocenters. The molecule has 2 aromatic heterocycles. The fourth-order valence-electron chi connectivity index (χ4n) is 4.40. The lowest BCUT2D eigenvalue weighted by Gasteiger charge is -2.43. The first-order chi connectivity index (χ1) is 16.3. The van der Waals surface area contributed by atoms with Crippen molar-refractivity contribution in [1.82, 2.24) is 9.97 Å². The fraction of sp³-hybridized carbons (Fsp3) is 0.208. The Morgan fingerprint density at radius 2 is 1.79 bits per heavy atom. The van der Waals surface area contributed by atoms with E-state index in [9.17, 15) is 18.0 Å². The van der Waals surface area contributed by atoms with E-state index in [2.05, 4.69) is 9.97 Å². The first-order valence-electron chi connectivity index (χ1n) is 10.4. The number of amides is 1. The molecule has 0 bridgehead atoms. The molecule has 2 fully saturated rings. The Morgan fingerprint density at radius 1 is 1.06 bits per heavy atom. The van der Waals surface area contributed by atoms with Gasteiger partial charge in [-0.15, -0.1) is 0 Å². The van der Waals surface area contributed by atoms with Gasteiger partial charge in [-0.2, -0.15) is 18.4 Å². The van der Waals surface area contributed by atoms with E-state index in [1.165, 1.54) is 6.07 Å². The van der Waals surface area contributed by atoms with Gasteiger partial charge >= 0.3 is 6.18 Å². The maximum atomic E-state index is 13.5. The predicted molar refractivity (Wildman–Crippen MR) is 123 cm³/mol. The minimum absolute atomic E-state index is 0.0786. The van der Waals surface area contributed by atoms with Gasteiger partial charge in [-0.25, -0.2) is 4.98 Å². The zero-order valence-corrected chi connectivity index (χ0v) is 18.4. The zero-order valence-electron chi connectivity index (χ0n) is 17.6. The number of aromatic nitrogens is 2. The molecule has 1 amide bonds. The first kappa shape index (κ1) is 22.0. The number of rotatable bonds is 3. The molecule has 1 aliphatic carbocycles. The van der Waals surface area contributed by atoms with E-state index < -0.39 is 28.9 Å². The summed E-state index contributed by atoms with van der Waals surface area (Å²) in [4.78, 5) is 24.3. The van der Waals surface area contributed by atoms with Gasteiger partial charge in [0.1, 0.15) is 11.6 Å². The molecule has 1 spiro atoms. The van der Waals surface area contributed by atoms with Crippen molar-refractivity contribution in [1.29, 1.82) is 5.26 Å². The number of carbonyl (C=O) groups is 1. The van der Waals surface area contributed by atoms with Gasteiger partial charge in [-0.05, 0) is 61.8 Å². The molecule has 0 N–H and O–H groups in total. The van der Waals surface area contributed by atoms with Gasteiger partial charge in [-0.3, -0.25) is 14.7 Å². The molecule has 1 aliphatic heterocycles. The van der Waals surface area contributed by atoms with Crippen LogP contribution in [0.15, 0.2) is 60.9 Å². The molecule has 5 rings (SSSR count). The number of alkyl halides is 3. The number of anilines is 2. The van der Waals surface area contributed by atoms with Crippen molar-refractivity contribution in [3.05, 3.63) is 72.2 Å². The molecule has 2 aliphatic rings. The van der Waals surface area contributed by atoms with Crippen LogP contribution < -0.4 is 9.80 Å². The fourth-order valence-corrected chi connectivity index (χ4v) is 4.87. The van der Waals surface area contributed by atoms with Crippen molar-refractivity contribution in [3.8, 4) is 17.3 Å². The lowest BCUT2D eigenvalue weighted by atomic mass is 9.75. The number of thiocarbonyl (C=S) groups is 1. The van der Waals surface area contributed by atoms with Crippen LogP contribution in [0.5, 0.6) is 0 Å². The van der Waals surface area contributed by atoms with Gasteiger partial charge in [0.2, 0.25) is 0 Å². The highest BCUT2D eigenvalue weighted by Gasteiger charge is 2.59. The summed E-state index contributed by atoms with van der Waals surface area (Å²) in [6, 6.07) is 15.2. The lowest BCUT2D eigenvalue weighted by Crippen LogP contribution is -2.55. The normalized spacial score (nSPS) is 17.1. The number of carbonyl (C=O) groups excluding carboxylic acids is 1. The molecule has 6 nitrogen and oxygen atoms in total. The third-order valence-electron chi connectivity index (χ3n) is 6.22. The Hall–Kier alpha value is -3.84. The third kappa shape index (κ3) is 3.31. The van der Waals surface area contributed by atoms with Crippen molar-refractivity contribution in [3.63, 3.8) is 0 Å². The second kappa shape index (κ2) is 7.88. The summed E-state index contributed by atoms with van der Waals surface area (Å²) in [7, 11) is 0. The SMILES string of the molecule is N#Cc1ncc(N2C(=O)C3(CCC3)N(c3ccc(-c4ccccn4)cc3)C2=S)cc1C(F)(F)F. The van der Waals surface area contributed by atoms with Crippen LogP contribution in [-0.2, 0) is 11.0 Å². The van der Waals surface area contributed by atoms with Gasteiger partial charge in [0.25, 0.3) is 5.91 Å². The Morgan fingerprint density at radius 3 is 2.35 bits per heavy atom. The van der Waals surface area contributed by atoms with Gasteiger partial charge in [0, 0.05) is 17.4 Å². The highest BCUT2D eigenvalue weighted by atomic mass is 32.1. The smallest absolute Gasteiger partial charge is 0.303 e. The molecule has 0 radical (unpaired) electrons. The summed E-state index contributed by atoms with van der Waals surface area (Å²) >= 11 is 5.62. The summed E-state index contributed by atoms with van der Waals surface area (Å²) in [6.07, 6.45) is -0.171. The van der Waals surface area contributed by atoms with Crippen LogP contribution >= 0.6 is 12.2 Å². The van der Waals surface area contributed by atoms with Crippen molar-refractivity contribution in [2.45, 2.75) is 31.0 Å². The molecule has 3 aromatic rings. The largest absolute Gasteiger partial charge is 0.419 e. The van der Waals surface area contributed by atoms with E-state index in [4.69, 9.17) is 17.5 Å². The number of benzene rings is 1. The van der Waals surface area contributed by atoms with Crippen LogP contribution in [-0.4, -0.2) is 26.5 Å². The summed E-state index contributed by atoms with van der Waals surface area (Å²) in [6.45, 7) is 0. The van der Waals surface area contributed by atoms with E-state index in [0.717, 1.165) is 34.8 Å². The molecule has 170 valence electrons. The number of nitriles is 1. The van der Waals surface area contributed by atoms with E-state index >= 15 is 0 Å². The van der Waals surface area contributed by atoms with E-state index in [0.29, 0.717) is 18.5 Å². The summed E-state index contributed by atoms with van der Waals surface area (Å²) in [5.41, 5.74) is -0.685. The molecule has 3 heterocycles. The third-order valence-corrected chi connectivity index (χ3v) is 6.59. The highest BCUT2D eigenvalue weighted by molar-refractivity contribution is 7.81. The van der Waals surface area contributed by atoms with E-state index in [1.807, 2.05) is 42.5 Å². The topological polar surface area (TPSA) is 73.1 Å². The van der Waals surface area contributed by atoms with Crippen molar-refractivity contribution >= 4 is 34.6 Å². The molecule has 10 heteroatoms. The molecular formula is C24H16F3N5OS. The van der Waals surface area contributed by atoms with Crippen LogP contribution in [0.4, 0.5) is 24.5 Å². The average molecular weight is 479 g/mol. The molecule has 34 heavy (non-hydrogen) atoms. The zero-order chi connectivity index (χ0) is 24.1. The maximum Gasteiger partial charge on any atom is 0.419 e. The molecule has 1 saturated carbocycles. The summed E-state index contributed by atoms with van der Waals surface area (Å²) in [5.74, 6) is -0.391. The minimum Gasteiger partial charge on any atom is -0.303 e. The Bertz CT molecular complexity index is 1330. The van der Waals surface area contributed by atoms with Crippen LogP contribution in [0.25, 0.3) is 11.3 Å². The summed E-state index contributed by atoms with van der Waals surface area (Å²) in [5, 5.41) is 9.11. The van der Waals surface area contributed by atoms with Crippen LogP contribution in [0.2, 0.25) is 0 Å². The average Bonchev–Trinajstić information content (AvgIpc) is 3.05. The minimum atomic E-state index is -4.80. The highest BCUT2D eigenvalue weighted by Crippen LogP contribution is 2.48. The van der Waals surface area contributed by atoms with Gasteiger partial charge < -0.3 is 4.90 Å². The molecule has 0 atom stereocenters. The second-order valence-electron chi connectivity index (χ2n) is 8.10. The molecule has 1 saturated heterocycles. The number of hydrogen-bond donors (Lipinski definition) is 0. The number of halogens is 3. The number of nitrogens with zero attached hydrogens (tertiary/aromatic N) is 5. The number of hydrogen-bond acceptors (Lipinski definition) is 5. The Labute approximate surface area is 198 Å². The van der Waals surface area contributed by atoms with E-state index in [-0.39, 0.29) is 10.8 Å². The van der Waals surface area contributed by atoms with E-state index in [1.54, 1.807) is 11.1 Å². The number of pyridine rings is 2. The second-order valence-corrected chi connectivity index (χ2v) is 8.47. The van der Waals surface area contributed by atoms with Crippen molar-refractivity contribution in [2.75, 3.05) is 9.80 Å². The molecule has 1 aromatic carbocycles. The lowest BCUT2D eigenvalue weighted by molar-refractivity contribution is -0.138. The Kier molecular flexibility index (Phi) is 5.10. The summed E-state index contributed by atoms with van der Waals surface area (Å²) < 4.78 is 40.5.